The van der Waals surface area contributed by atoms with Gasteiger partial charge in [-0.1, -0.05) is 26.0 Å². The molecular formula is C26H28N2O7. The summed E-state index contributed by atoms with van der Waals surface area (Å²) in [7, 11) is 1.30. The first kappa shape index (κ1) is 24.3. The highest BCUT2D eigenvalue weighted by Gasteiger charge is 2.46. The van der Waals surface area contributed by atoms with Gasteiger partial charge in [0.1, 0.15) is 5.76 Å². The Labute approximate surface area is 203 Å². The van der Waals surface area contributed by atoms with Crippen LogP contribution in [0.5, 0.6) is 11.5 Å². The largest absolute Gasteiger partial charge is 0.507 e. The van der Waals surface area contributed by atoms with Crippen LogP contribution in [0.1, 0.15) is 41.4 Å². The summed E-state index contributed by atoms with van der Waals surface area (Å²) in [6.07, 6.45) is 0. The van der Waals surface area contributed by atoms with Crippen LogP contribution in [0, 0.1) is 0 Å². The van der Waals surface area contributed by atoms with Crippen molar-refractivity contribution in [2.75, 3.05) is 40.1 Å². The number of nitrogens with zero attached hydrogens (tertiary/aromatic N) is 2. The molecule has 2 aromatic rings. The monoisotopic (exact) mass is 480 g/mol. The number of carbonyl (C=O) groups is 3. The molecule has 2 aliphatic rings. The Kier molecular flexibility index (Phi) is 7.07. The summed E-state index contributed by atoms with van der Waals surface area (Å²) in [5.41, 5.74) is 1.26. The Morgan fingerprint density at radius 3 is 2.37 bits per heavy atom. The number of methoxy groups -OCH3 is 1. The van der Waals surface area contributed by atoms with Crippen LogP contribution in [0.3, 0.4) is 0 Å². The molecule has 2 aromatic carbocycles. The number of ether oxygens (including phenoxy) is 3. The number of Topliss-reactive ketones (excluding diaryl/α,β-unsaturated/α-hetero) is 1. The standard InChI is InChI=1S/C26H28N2O7/c1-4-27(5-2)12-13-28-22(16-6-8-17(9-7-16)26(32)33-3)21(24(30)25(28)31)23(29)18-10-11-19-20(14-18)35-15-34-19/h6-11,14,22,29H,4-5,12-13,15H2,1-3H3/t22-/m1/s1. The van der Waals surface area contributed by atoms with E-state index in [1.807, 2.05) is 13.8 Å². The second-order valence-corrected chi connectivity index (χ2v) is 8.20. The Balaban J connectivity index is 1.78. The van der Waals surface area contributed by atoms with Crippen molar-refractivity contribution < 1.29 is 33.7 Å². The van der Waals surface area contributed by atoms with Gasteiger partial charge in [0.2, 0.25) is 6.79 Å². The minimum atomic E-state index is -0.817. The molecule has 2 heterocycles. The van der Waals surface area contributed by atoms with E-state index < -0.39 is 23.7 Å². The fourth-order valence-electron chi connectivity index (χ4n) is 4.36. The van der Waals surface area contributed by atoms with Crippen molar-refractivity contribution in [1.29, 1.82) is 0 Å². The highest BCUT2D eigenvalue weighted by atomic mass is 16.7. The summed E-state index contributed by atoms with van der Waals surface area (Å²) >= 11 is 0. The van der Waals surface area contributed by atoms with Crippen LogP contribution in [0.2, 0.25) is 0 Å². The van der Waals surface area contributed by atoms with Gasteiger partial charge in [-0.3, -0.25) is 9.59 Å². The van der Waals surface area contributed by atoms with Crippen molar-refractivity contribution in [3.8, 4) is 11.5 Å². The van der Waals surface area contributed by atoms with Crippen LogP contribution >= 0.6 is 0 Å². The van der Waals surface area contributed by atoms with E-state index in [2.05, 4.69) is 4.90 Å². The molecule has 35 heavy (non-hydrogen) atoms. The molecule has 0 aromatic heterocycles. The predicted molar refractivity (Wildman–Crippen MR) is 127 cm³/mol. The normalized spacial score (nSPS) is 18.4. The van der Waals surface area contributed by atoms with Crippen LogP contribution in [0.15, 0.2) is 48.0 Å². The molecule has 0 saturated carbocycles. The summed E-state index contributed by atoms with van der Waals surface area (Å²) in [6.45, 7) is 6.60. The molecular weight excluding hydrogens is 452 g/mol. The molecule has 0 radical (unpaired) electrons. The van der Waals surface area contributed by atoms with Crippen molar-refractivity contribution in [1.82, 2.24) is 9.80 Å². The summed E-state index contributed by atoms with van der Waals surface area (Å²) in [5.74, 6) is -1.25. The van der Waals surface area contributed by atoms with E-state index in [4.69, 9.17) is 14.2 Å². The fraction of sp³-hybridized carbons (Fsp3) is 0.346. The maximum absolute atomic E-state index is 13.2. The number of esters is 1. The molecule has 1 fully saturated rings. The van der Waals surface area contributed by atoms with Gasteiger partial charge in [0.25, 0.3) is 11.7 Å². The van der Waals surface area contributed by atoms with Gasteiger partial charge >= 0.3 is 5.97 Å². The molecule has 0 spiro atoms. The average Bonchev–Trinajstić information content (AvgIpc) is 3.46. The number of likely N-dealkylation sites (N-methyl/N-ethyl adjacent to an activating group) is 1. The van der Waals surface area contributed by atoms with Gasteiger partial charge in [-0.05, 0) is 49.0 Å². The first-order chi connectivity index (χ1) is 16.9. The van der Waals surface area contributed by atoms with Crippen molar-refractivity contribution in [3.05, 3.63) is 64.7 Å². The number of hydrogen-bond acceptors (Lipinski definition) is 8. The van der Waals surface area contributed by atoms with E-state index in [0.717, 1.165) is 13.1 Å². The van der Waals surface area contributed by atoms with Gasteiger partial charge < -0.3 is 29.1 Å². The smallest absolute Gasteiger partial charge is 0.337 e. The second kappa shape index (κ2) is 10.2. The van der Waals surface area contributed by atoms with Crippen LogP contribution in [0.25, 0.3) is 5.76 Å². The van der Waals surface area contributed by atoms with E-state index >= 15 is 0 Å². The highest BCUT2D eigenvalue weighted by Crippen LogP contribution is 2.41. The number of aliphatic hydroxyl groups is 1. The van der Waals surface area contributed by atoms with E-state index in [1.165, 1.54) is 12.0 Å². The Morgan fingerprint density at radius 1 is 1.06 bits per heavy atom. The van der Waals surface area contributed by atoms with Gasteiger partial charge in [-0.2, -0.15) is 0 Å². The average molecular weight is 481 g/mol. The summed E-state index contributed by atoms with van der Waals surface area (Å²) < 4.78 is 15.5. The number of likely N-dealkylation sites (tertiary alicyclic amines) is 1. The Morgan fingerprint density at radius 2 is 1.71 bits per heavy atom. The zero-order valence-electron chi connectivity index (χ0n) is 19.9. The number of fused-ring (bicyclic) bond motifs is 1. The summed E-state index contributed by atoms with van der Waals surface area (Å²) in [5, 5.41) is 11.2. The molecule has 184 valence electrons. The lowest BCUT2D eigenvalue weighted by atomic mass is 9.94. The molecule has 4 rings (SSSR count). The maximum Gasteiger partial charge on any atom is 0.337 e. The van der Waals surface area contributed by atoms with Crippen molar-refractivity contribution in [3.63, 3.8) is 0 Å². The molecule has 1 atom stereocenters. The van der Waals surface area contributed by atoms with Crippen molar-refractivity contribution >= 4 is 23.4 Å². The van der Waals surface area contributed by atoms with Crippen LogP contribution in [-0.4, -0.2) is 72.6 Å². The van der Waals surface area contributed by atoms with Crippen molar-refractivity contribution in [2.45, 2.75) is 19.9 Å². The topological polar surface area (TPSA) is 106 Å². The highest BCUT2D eigenvalue weighted by molar-refractivity contribution is 6.46. The quantitative estimate of drug-likeness (QED) is 0.266. The summed E-state index contributed by atoms with van der Waals surface area (Å²) in [4.78, 5) is 41.8. The zero-order chi connectivity index (χ0) is 25.1. The van der Waals surface area contributed by atoms with Gasteiger partial charge in [-0.15, -0.1) is 0 Å². The summed E-state index contributed by atoms with van der Waals surface area (Å²) in [6, 6.07) is 10.5. The molecule has 2 aliphatic heterocycles. The second-order valence-electron chi connectivity index (χ2n) is 8.20. The Hall–Kier alpha value is -3.85. The third kappa shape index (κ3) is 4.59. The Bertz CT molecular complexity index is 1170. The van der Waals surface area contributed by atoms with Gasteiger partial charge in [0.05, 0.1) is 24.3 Å². The lowest BCUT2D eigenvalue weighted by Gasteiger charge is -2.28. The van der Waals surface area contributed by atoms with E-state index in [1.54, 1.807) is 42.5 Å². The third-order valence-corrected chi connectivity index (χ3v) is 6.39. The first-order valence-corrected chi connectivity index (χ1v) is 11.5. The minimum Gasteiger partial charge on any atom is -0.507 e. The lowest BCUT2D eigenvalue weighted by Crippen LogP contribution is -2.38. The lowest BCUT2D eigenvalue weighted by molar-refractivity contribution is -0.140. The number of carbonyl (C=O) groups excluding carboxylic acids is 3. The zero-order valence-corrected chi connectivity index (χ0v) is 19.9. The maximum atomic E-state index is 13.2. The number of rotatable bonds is 8. The third-order valence-electron chi connectivity index (χ3n) is 6.39. The van der Waals surface area contributed by atoms with Gasteiger partial charge in [0, 0.05) is 18.7 Å². The van der Waals surface area contributed by atoms with E-state index in [-0.39, 0.29) is 18.1 Å². The van der Waals surface area contributed by atoms with Crippen LogP contribution in [-0.2, 0) is 14.3 Å². The molecule has 0 bridgehead atoms. The number of hydrogen-bond donors (Lipinski definition) is 1. The van der Waals surface area contributed by atoms with Crippen LogP contribution < -0.4 is 9.47 Å². The van der Waals surface area contributed by atoms with Gasteiger partial charge in [0.15, 0.2) is 11.5 Å². The van der Waals surface area contributed by atoms with Crippen LogP contribution in [0.4, 0.5) is 0 Å². The molecule has 1 N–H and O–H groups in total. The van der Waals surface area contributed by atoms with E-state index in [0.29, 0.717) is 41.3 Å². The number of amides is 1. The molecule has 9 nitrogen and oxygen atoms in total. The molecule has 1 amide bonds. The minimum absolute atomic E-state index is 0.0146. The fourth-order valence-corrected chi connectivity index (χ4v) is 4.36. The molecule has 9 heteroatoms. The first-order valence-electron chi connectivity index (χ1n) is 11.5. The molecule has 1 saturated heterocycles. The molecule has 0 aliphatic carbocycles. The van der Waals surface area contributed by atoms with Gasteiger partial charge in [-0.25, -0.2) is 4.79 Å². The number of benzene rings is 2. The van der Waals surface area contributed by atoms with E-state index in [9.17, 15) is 19.5 Å². The molecule has 0 unspecified atom stereocenters. The predicted octanol–water partition coefficient (Wildman–Crippen LogP) is 2.97. The number of ketones is 1. The SMILES string of the molecule is CCN(CC)CCN1C(=O)C(=O)C(=C(O)c2ccc3c(c2)OCO3)[C@H]1c1ccc(C(=O)OC)cc1. The number of aliphatic hydroxyl groups excluding tert-OH is 1. The van der Waals surface area contributed by atoms with Crippen molar-refractivity contribution in [2.24, 2.45) is 0 Å².